The number of amides is 1. The molecule has 0 aromatic rings. The molecule has 1 fully saturated rings. The van der Waals surface area contributed by atoms with Crippen LogP contribution in [-0.2, 0) is 4.74 Å². The molecule has 0 aromatic carbocycles. The first-order valence-electron chi connectivity index (χ1n) is 6.47. The molecule has 1 amide bonds. The summed E-state index contributed by atoms with van der Waals surface area (Å²) >= 11 is 0. The molecule has 5 nitrogen and oxygen atoms in total. The highest BCUT2D eigenvalue weighted by atomic mass is 16.6. The lowest BCUT2D eigenvalue weighted by atomic mass is 9.92. The van der Waals surface area contributed by atoms with E-state index in [2.05, 4.69) is 5.16 Å². The molecule has 0 atom stereocenters. The molecule has 5 heteroatoms. The van der Waals surface area contributed by atoms with E-state index in [0.29, 0.717) is 5.92 Å². The lowest BCUT2D eigenvalue weighted by Crippen LogP contribution is -2.41. The van der Waals surface area contributed by atoms with Gasteiger partial charge in [0.1, 0.15) is 5.60 Å². The Hall–Kier alpha value is -1.26. The third kappa shape index (κ3) is 4.94. The number of hydrogen-bond donors (Lipinski definition) is 1. The van der Waals surface area contributed by atoms with Gasteiger partial charge in [-0.15, -0.1) is 0 Å². The maximum Gasteiger partial charge on any atom is 0.410 e. The number of carbonyl (C=O) groups is 1. The van der Waals surface area contributed by atoms with E-state index in [0.717, 1.165) is 38.1 Å². The predicted octanol–water partition coefficient (Wildman–Crippen LogP) is 2.87. The standard InChI is InChI=1S/C13H24N2O3/c1-10(14-17)9-11-5-7-15(8-6-11)12(16)18-13(2,3)4/h11,17H,5-9H2,1-4H3/b14-10-. The summed E-state index contributed by atoms with van der Waals surface area (Å²) in [5, 5.41) is 11.8. The van der Waals surface area contributed by atoms with Crippen LogP contribution in [0.15, 0.2) is 5.16 Å². The first kappa shape index (κ1) is 14.8. The molecule has 0 aromatic heterocycles. The van der Waals surface area contributed by atoms with Gasteiger partial charge in [0.05, 0.1) is 5.71 Å². The van der Waals surface area contributed by atoms with E-state index in [1.807, 2.05) is 27.7 Å². The Labute approximate surface area is 109 Å². The number of oxime groups is 1. The summed E-state index contributed by atoms with van der Waals surface area (Å²) in [6.07, 6.45) is 2.45. The Morgan fingerprint density at radius 3 is 2.39 bits per heavy atom. The number of rotatable bonds is 2. The van der Waals surface area contributed by atoms with Crippen molar-refractivity contribution in [3.63, 3.8) is 0 Å². The summed E-state index contributed by atoms with van der Waals surface area (Å²) in [4.78, 5) is 13.6. The largest absolute Gasteiger partial charge is 0.444 e. The molecule has 0 radical (unpaired) electrons. The van der Waals surface area contributed by atoms with Crippen LogP contribution in [0, 0.1) is 5.92 Å². The summed E-state index contributed by atoms with van der Waals surface area (Å²) in [6, 6.07) is 0. The first-order valence-corrected chi connectivity index (χ1v) is 6.47. The van der Waals surface area contributed by atoms with Crippen molar-refractivity contribution in [1.82, 2.24) is 4.90 Å². The molecule has 1 aliphatic rings. The van der Waals surface area contributed by atoms with Gasteiger partial charge >= 0.3 is 6.09 Å². The Balaban J connectivity index is 2.37. The van der Waals surface area contributed by atoms with E-state index in [4.69, 9.17) is 9.94 Å². The van der Waals surface area contributed by atoms with E-state index in [9.17, 15) is 4.79 Å². The van der Waals surface area contributed by atoms with Gasteiger partial charge in [0.15, 0.2) is 0 Å². The highest BCUT2D eigenvalue weighted by molar-refractivity contribution is 5.81. The van der Waals surface area contributed by atoms with Crippen molar-refractivity contribution in [3.8, 4) is 0 Å². The summed E-state index contributed by atoms with van der Waals surface area (Å²) in [5.41, 5.74) is 0.319. The zero-order valence-corrected chi connectivity index (χ0v) is 11.8. The van der Waals surface area contributed by atoms with Crippen LogP contribution in [-0.4, -0.2) is 40.6 Å². The molecular weight excluding hydrogens is 232 g/mol. The van der Waals surface area contributed by atoms with Gasteiger partial charge < -0.3 is 14.8 Å². The second-order valence-corrected chi connectivity index (χ2v) is 5.95. The van der Waals surface area contributed by atoms with Crippen molar-refractivity contribution in [2.24, 2.45) is 11.1 Å². The molecule has 18 heavy (non-hydrogen) atoms. The van der Waals surface area contributed by atoms with Crippen LogP contribution in [0.2, 0.25) is 0 Å². The second kappa shape index (κ2) is 6.07. The highest BCUT2D eigenvalue weighted by Crippen LogP contribution is 2.22. The van der Waals surface area contributed by atoms with Crippen LogP contribution in [0.1, 0.15) is 47.0 Å². The van der Waals surface area contributed by atoms with Crippen LogP contribution in [0.4, 0.5) is 4.79 Å². The maximum absolute atomic E-state index is 11.8. The smallest absolute Gasteiger partial charge is 0.410 e. The lowest BCUT2D eigenvalue weighted by molar-refractivity contribution is 0.0186. The third-order valence-corrected chi connectivity index (χ3v) is 3.02. The number of nitrogens with zero attached hydrogens (tertiary/aromatic N) is 2. The van der Waals surface area contributed by atoms with Crippen LogP contribution >= 0.6 is 0 Å². The molecule has 104 valence electrons. The molecule has 1 rings (SSSR count). The minimum Gasteiger partial charge on any atom is -0.444 e. The molecule has 1 saturated heterocycles. The summed E-state index contributed by atoms with van der Waals surface area (Å²) in [7, 11) is 0. The van der Waals surface area contributed by atoms with E-state index in [-0.39, 0.29) is 6.09 Å². The maximum atomic E-state index is 11.8. The monoisotopic (exact) mass is 256 g/mol. The number of likely N-dealkylation sites (tertiary alicyclic amines) is 1. The van der Waals surface area contributed by atoms with Crippen LogP contribution < -0.4 is 0 Å². The van der Waals surface area contributed by atoms with E-state index in [1.165, 1.54) is 0 Å². The van der Waals surface area contributed by atoms with Gasteiger partial charge in [-0.1, -0.05) is 5.16 Å². The molecule has 0 aliphatic carbocycles. The zero-order chi connectivity index (χ0) is 13.8. The Morgan fingerprint density at radius 2 is 1.94 bits per heavy atom. The molecule has 1 heterocycles. The molecule has 0 bridgehead atoms. The normalized spacial score (nSPS) is 18.9. The minimum absolute atomic E-state index is 0.228. The lowest BCUT2D eigenvalue weighted by Gasteiger charge is -2.33. The zero-order valence-electron chi connectivity index (χ0n) is 11.8. The predicted molar refractivity (Wildman–Crippen MR) is 70.0 cm³/mol. The van der Waals surface area contributed by atoms with Crippen molar-refractivity contribution in [1.29, 1.82) is 0 Å². The SMILES string of the molecule is C/C(CC1CCN(C(=O)OC(C)(C)C)CC1)=N/O. The fourth-order valence-corrected chi connectivity index (χ4v) is 2.10. The van der Waals surface area contributed by atoms with E-state index in [1.54, 1.807) is 4.90 Å². The summed E-state index contributed by atoms with van der Waals surface area (Å²) in [5.74, 6) is 0.500. The van der Waals surface area contributed by atoms with E-state index < -0.39 is 5.60 Å². The fraction of sp³-hybridized carbons (Fsp3) is 0.846. The number of piperidine rings is 1. The average molecular weight is 256 g/mol. The molecule has 0 spiro atoms. The highest BCUT2D eigenvalue weighted by Gasteiger charge is 2.26. The van der Waals surface area contributed by atoms with Gasteiger partial charge in [-0.25, -0.2) is 4.79 Å². The fourth-order valence-electron chi connectivity index (χ4n) is 2.10. The van der Waals surface area contributed by atoms with Crippen molar-refractivity contribution in [2.45, 2.75) is 52.6 Å². The minimum atomic E-state index is -0.436. The number of hydrogen-bond acceptors (Lipinski definition) is 4. The van der Waals surface area contributed by atoms with Crippen molar-refractivity contribution >= 4 is 11.8 Å². The number of ether oxygens (including phenoxy) is 1. The molecular formula is C13H24N2O3. The molecule has 0 saturated carbocycles. The van der Waals surface area contributed by atoms with Gasteiger partial charge in [0.2, 0.25) is 0 Å². The quantitative estimate of drug-likeness (QED) is 0.469. The molecule has 1 N–H and O–H groups in total. The van der Waals surface area contributed by atoms with Gasteiger partial charge in [-0.2, -0.15) is 0 Å². The van der Waals surface area contributed by atoms with Crippen LogP contribution in [0.3, 0.4) is 0 Å². The Morgan fingerprint density at radius 1 is 1.39 bits per heavy atom. The summed E-state index contributed by atoms with van der Waals surface area (Å²) in [6.45, 7) is 8.88. The van der Waals surface area contributed by atoms with Gasteiger partial charge in [-0.3, -0.25) is 0 Å². The van der Waals surface area contributed by atoms with Gasteiger partial charge in [0.25, 0.3) is 0 Å². The summed E-state index contributed by atoms with van der Waals surface area (Å²) < 4.78 is 5.34. The van der Waals surface area contributed by atoms with Crippen molar-refractivity contribution in [2.75, 3.05) is 13.1 Å². The molecule has 1 aliphatic heterocycles. The van der Waals surface area contributed by atoms with Crippen LogP contribution in [0.5, 0.6) is 0 Å². The van der Waals surface area contributed by atoms with Gasteiger partial charge in [-0.05, 0) is 52.9 Å². The Bertz CT molecular complexity index is 313. The third-order valence-electron chi connectivity index (χ3n) is 3.02. The van der Waals surface area contributed by atoms with Crippen molar-refractivity contribution in [3.05, 3.63) is 0 Å². The second-order valence-electron chi connectivity index (χ2n) is 5.95. The van der Waals surface area contributed by atoms with E-state index >= 15 is 0 Å². The topological polar surface area (TPSA) is 62.1 Å². The number of carbonyl (C=O) groups excluding carboxylic acids is 1. The van der Waals surface area contributed by atoms with Crippen LogP contribution in [0.25, 0.3) is 0 Å². The Kier molecular flexibility index (Phi) is 4.99. The van der Waals surface area contributed by atoms with Gasteiger partial charge in [0, 0.05) is 13.1 Å². The van der Waals surface area contributed by atoms with Crippen molar-refractivity contribution < 1.29 is 14.7 Å². The molecule has 0 unspecified atom stereocenters. The average Bonchev–Trinajstić information content (AvgIpc) is 2.27. The first-order chi connectivity index (χ1) is 8.31.